The molecule has 3 nitrogen and oxygen atoms in total. The van der Waals surface area contributed by atoms with Gasteiger partial charge in [0.25, 0.3) is 0 Å². The maximum absolute atomic E-state index is 12.7. The standard InChI is InChI=1S/C18H25NO2/c20-12-13-6-10-16(11-7-13)19-18(21)17(15-8-9-15)14-4-2-1-3-5-14/h1-5,13,15-17,20H,6-12H2,(H,19,21). The van der Waals surface area contributed by atoms with E-state index >= 15 is 0 Å². The van der Waals surface area contributed by atoms with E-state index in [0.29, 0.717) is 17.9 Å². The van der Waals surface area contributed by atoms with Crippen LogP contribution in [0.25, 0.3) is 0 Å². The van der Waals surface area contributed by atoms with Crippen molar-refractivity contribution in [3.05, 3.63) is 35.9 Å². The van der Waals surface area contributed by atoms with Crippen LogP contribution < -0.4 is 5.32 Å². The van der Waals surface area contributed by atoms with E-state index in [9.17, 15) is 9.90 Å². The fourth-order valence-corrected chi connectivity index (χ4v) is 3.51. The Kier molecular flexibility index (Phi) is 4.59. The molecule has 1 aromatic carbocycles. The second-order valence-electron chi connectivity index (χ2n) is 6.63. The molecule has 2 fully saturated rings. The molecular weight excluding hydrogens is 262 g/mol. The fraction of sp³-hybridized carbons (Fsp3) is 0.611. The molecule has 1 unspecified atom stereocenters. The third-order valence-corrected chi connectivity index (χ3v) is 4.99. The summed E-state index contributed by atoms with van der Waals surface area (Å²) in [6, 6.07) is 10.5. The number of aliphatic hydroxyl groups is 1. The summed E-state index contributed by atoms with van der Waals surface area (Å²) in [5.41, 5.74) is 1.15. The predicted molar refractivity (Wildman–Crippen MR) is 82.9 cm³/mol. The van der Waals surface area contributed by atoms with E-state index in [0.717, 1.165) is 31.2 Å². The lowest BCUT2D eigenvalue weighted by Crippen LogP contribution is -2.41. The summed E-state index contributed by atoms with van der Waals surface area (Å²) in [5, 5.41) is 12.5. The summed E-state index contributed by atoms with van der Waals surface area (Å²) in [7, 11) is 0. The third kappa shape index (κ3) is 3.65. The highest BCUT2D eigenvalue weighted by Gasteiger charge is 2.38. The molecule has 114 valence electrons. The van der Waals surface area contributed by atoms with Crippen LogP contribution in [0.1, 0.15) is 50.0 Å². The lowest BCUT2D eigenvalue weighted by Gasteiger charge is -2.29. The van der Waals surface area contributed by atoms with Crippen molar-refractivity contribution in [1.82, 2.24) is 5.32 Å². The molecule has 2 N–H and O–H groups in total. The van der Waals surface area contributed by atoms with Crippen LogP contribution in [0.5, 0.6) is 0 Å². The Hall–Kier alpha value is -1.35. The van der Waals surface area contributed by atoms with Crippen molar-refractivity contribution >= 4 is 5.91 Å². The van der Waals surface area contributed by atoms with Gasteiger partial charge in [0.05, 0.1) is 5.92 Å². The van der Waals surface area contributed by atoms with E-state index in [4.69, 9.17) is 0 Å². The molecule has 2 aliphatic carbocycles. The van der Waals surface area contributed by atoms with Gasteiger partial charge in [-0.1, -0.05) is 30.3 Å². The Morgan fingerprint density at radius 3 is 2.33 bits per heavy atom. The highest BCUT2D eigenvalue weighted by Crippen LogP contribution is 2.43. The number of carbonyl (C=O) groups is 1. The minimum absolute atomic E-state index is 0.0294. The average molecular weight is 287 g/mol. The van der Waals surface area contributed by atoms with Crippen molar-refractivity contribution in [1.29, 1.82) is 0 Å². The van der Waals surface area contributed by atoms with Crippen LogP contribution in [0.15, 0.2) is 30.3 Å². The second-order valence-corrected chi connectivity index (χ2v) is 6.63. The van der Waals surface area contributed by atoms with Crippen LogP contribution in [0.3, 0.4) is 0 Å². The first kappa shape index (κ1) is 14.6. The molecule has 21 heavy (non-hydrogen) atoms. The van der Waals surface area contributed by atoms with Gasteiger partial charge in [-0.3, -0.25) is 4.79 Å². The molecule has 0 bridgehead atoms. The van der Waals surface area contributed by atoms with Crippen LogP contribution in [-0.4, -0.2) is 23.7 Å². The molecule has 0 radical (unpaired) electrons. The number of hydrogen-bond donors (Lipinski definition) is 2. The maximum atomic E-state index is 12.7. The van der Waals surface area contributed by atoms with E-state index in [1.165, 1.54) is 12.8 Å². The third-order valence-electron chi connectivity index (χ3n) is 4.99. The minimum atomic E-state index is 0.0294. The molecule has 2 saturated carbocycles. The molecule has 0 heterocycles. The SMILES string of the molecule is O=C(NC1CCC(CO)CC1)C(c1ccccc1)C1CC1. The van der Waals surface area contributed by atoms with Crippen LogP contribution in [-0.2, 0) is 4.79 Å². The highest BCUT2D eigenvalue weighted by atomic mass is 16.3. The van der Waals surface area contributed by atoms with Crippen LogP contribution >= 0.6 is 0 Å². The molecule has 0 saturated heterocycles. The van der Waals surface area contributed by atoms with Gasteiger partial charge in [0.1, 0.15) is 0 Å². The smallest absolute Gasteiger partial charge is 0.228 e. The molecule has 2 aliphatic rings. The van der Waals surface area contributed by atoms with Gasteiger partial charge >= 0.3 is 0 Å². The number of hydrogen-bond acceptors (Lipinski definition) is 2. The van der Waals surface area contributed by atoms with Crippen LogP contribution in [0.2, 0.25) is 0 Å². The number of benzene rings is 1. The van der Waals surface area contributed by atoms with Crippen LogP contribution in [0.4, 0.5) is 0 Å². The first-order chi connectivity index (χ1) is 10.3. The van der Waals surface area contributed by atoms with Crippen molar-refractivity contribution < 1.29 is 9.90 Å². The molecule has 0 aromatic heterocycles. The summed E-state index contributed by atoms with van der Waals surface area (Å²) < 4.78 is 0. The van der Waals surface area contributed by atoms with E-state index in [-0.39, 0.29) is 18.4 Å². The minimum Gasteiger partial charge on any atom is -0.396 e. The average Bonchev–Trinajstić information content (AvgIpc) is 3.34. The van der Waals surface area contributed by atoms with Gasteiger partial charge in [0.15, 0.2) is 0 Å². The molecule has 3 heteroatoms. The number of carbonyl (C=O) groups excluding carboxylic acids is 1. The summed E-state index contributed by atoms with van der Waals surface area (Å²) in [4.78, 5) is 12.7. The number of rotatable bonds is 5. The normalized spacial score (nSPS) is 27.1. The molecule has 0 aliphatic heterocycles. The van der Waals surface area contributed by atoms with Gasteiger partial charge in [0.2, 0.25) is 5.91 Å². The van der Waals surface area contributed by atoms with Crippen LogP contribution in [0, 0.1) is 11.8 Å². The van der Waals surface area contributed by atoms with Crippen molar-refractivity contribution in [3.63, 3.8) is 0 Å². The van der Waals surface area contributed by atoms with E-state index in [2.05, 4.69) is 17.4 Å². The number of amides is 1. The highest BCUT2D eigenvalue weighted by molar-refractivity contribution is 5.84. The number of nitrogens with one attached hydrogen (secondary N) is 1. The monoisotopic (exact) mass is 287 g/mol. The van der Waals surface area contributed by atoms with Crippen molar-refractivity contribution in [2.45, 2.75) is 50.5 Å². The Labute approximate surface area is 126 Å². The van der Waals surface area contributed by atoms with Gasteiger partial charge in [0, 0.05) is 12.6 Å². The Balaban J connectivity index is 1.61. The molecule has 3 rings (SSSR count). The van der Waals surface area contributed by atoms with Gasteiger partial charge in [-0.2, -0.15) is 0 Å². The fourth-order valence-electron chi connectivity index (χ4n) is 3.51. The number of aliphatic hydroxyl groups excluding tert-OH is 1. The zero-order valence-corrected chi connectivity index (χ0v) is 12.5. The summed E-state index contributed by atoms with van der Waals surface area (Å²) in [5.74, 6) is 1.20. The predicted octanol–water partition coefficient (Wildman–Crippen LogP) is 2.85. The molecular formula is C18H25NO2. The topological polar surface area (TPSA) is 49.3 Å². The van der Waals surface area contributed by atoms with Gasteiger partial charge in [-0.25, -0.2) is 0 Å². The molecule has 0 spiro atoms. The van der Waals surface area contributed by atoms with Gasteiger partial charge in [-0.05, 0) is 55.9 Å². The largest absolute Gasteiger partial charge is 0.396 e. The Morgan fingerprint density at radius 2 is 1.76 bits per heavy atom. The molecule has 1 aromatic rings. The maximum Gasteiger partial charge on any atom is 0.228 e. The van der Waals surface area contributed by atoms with E-state index in [1.54, 1.807) is 0 Å². The Morgan fingerprint density at radius 1 is 1.10 bits per heavy atom. The van der Waals surface area contributed by atoms with Crippen molar-refractivity contribution in [2.24, 2.45) is 11.8 Å². The zero-order valence-electron chi connectivity index (χ0n) is 12.5. The zero-order chi connectivity index (χ0) is 14.7. The van der Waals surface area contributed by atoms with Gasteiger partial charge in [-0.15, -0.1) is 0 Å². The summed E-state index contributed by atoms with van der Waals surface area (Å²) >= 11 is 0. The van der Waals surface area contributed by atoms with E-state index in [1.807, 2.05) is 18.2 Å². The second kappa shape index (κ2) is 6.61. The first-order valence-corrected chi connectivity index (χ1v) is 8.24. The first-order valence-electron chi connectivity index (χ1n) is 8.24. The van der Waals surface area contributed by atoms with E-state index < -0.39 is 0 Å². The molecule has 1 amide bonds. The summed E-state index contributed by atoms with van der Waals surface area (Å²) in [6.07, 6.45) is 6.41. The summed E-state index contributed by atoms with van der Waals surface area (Å²) in [6.45, 7) is 0.287. The van der Waals surface area contributed by atoms with Crippen molar-refractivity contribution in [3.8, 4) is 0 Å². The van der Waals surface area contributed by atoms with Gasteiger partial charge < -0.3 is 10.4 Å². The quantitative estimate of drug-likeness (QED) is 0.875. The lowest BCUT2D eigenvalue weighted by atomic mass is 9.85. The van der Waals surface area contributed by atoms with Crippen molar-refractivity contribution in [2.75, 3.05) is 6.61 Å². The Bertz CT molecular complexity index is 461. The lowest BCUT2D eigenvalue weighted by molar-refractivity contribution is -0.124. The molecule has 1 atom stereocenters.